The van der Waals surface area contributed by atoms with Gasteiger partial charge in [-0.1, -0.05) is 53.5 Å². The molecule has 0 saturated carbocycles. The van der Waals surface area contributed by atoms with Gasteiger partial charge < -0.3 is 10.2 Å². The number of hydrogen-bond donors (Lipinski definition) is 3. The Balaban J connectivity index is 1.88. The molecule has 0 aromatic heterocycles. The molecule has 4 rings (SSSR count). The number of phenols is 2. The Bertz CT molecular complexity index is 1350. The van der Waals surface area contributed by atoms with Gasteiger partial charge in [0.05, 0.1) is 21.3 Å². The SMILES string of the molecule is O=C1c2ccccc2C(=O)c2c1cc(NS(=O)(=O)c1c(Cl)cccc1Cl)c(O)c2O. The minimum atomic E-state index is -4.41. The molecule has 0 bridgehead atoms. The van der Waals surface area contributed by atoms with Crippen LogP contribution in [0.3, 0.4) is 0 Å². The van der Waals surface area contributed by atoms with Crippen LogP contribution in [0.1, 0.15) is 31.8 Å². The molecule has 152 valence electrons. The number of aromatic hydroxyl groups is 2. The molecular formula is C20H11Cl2NO6S. The van der Waals surface area contributed by atoms with Gasteiger partial charge in [-0.05, 0) is 18.2 Å². The molecule has 7 nitrogen and oxygen atoms in total. The van der Waals surface area contributed by atoms with Crippen molar-refractivity contribution in [3.8, 4) is 11.5 Å². The van der Waals surface area contributed by atoms with Crippen molar-refractivity contribution in [2.45, 2.75) is 4.90 Å². The summed E-state index contributed by atoms with van der Waals surface area (Å²) in [5.41, 5.74) is -1.00. The predicted molar refractivity (Wildman–Crippen MR) is 110 cm³/mol. The number of halogens is 2. The number of rotatable bonds is 3. The largest absolute Gasteiger partial charge is 0.504 e. The fourth-order valence-electron chi connectivity index (χ4n) is 3.24. The van der Waals surface area contributed by atoms with Gasteiger partial charge in [-0.3, -0.25) is 14.3 Å². The monoisotopic (exact) mass is 463 g/mol. The van der Waals surface area contributed by atoms with E-state index < -0.39 is 49.2 Å². The lowest BCUT2D eigenvalue weighted by Gasteiger charge is -2.21. The normalized spacial score (nSPS) is 13.0. The summed E-state index contributed by atoms with van der Waals surface area (Å²) in [6.45, 7) is 0. The van der Waals surface area contributed by atoms with Crippen molar-refractivity contribution < 1.29 is 28.2 Å². The lowest BCUT2D eigenvalue weighted by Crippen LogP contribution is -2.22. The molecule has 0 aliphatic heterocycles. The quantitative estimate of drug-likeness (QED) is 0.395. The molecule has 30 heavy (non-hydrogen) atoms. The van der Waals surface area contributed by atoms with E-state index in [0.29, 0.717) is 0 Å². The minimum Gasteiger partial charge on any atom is -0.504 e. The molecule has 0 unspecified atom stereocenters. The second-order valence-electron chi connectivity index (χ2n) is 6.40. The maximum atomic E-state index is 12.8. The number of hydrogen-bond acceptors (Lipinski definition) is 6. The number of nitrogens with one attached hydrogen (secondary N) is 1. The minimum absolute atomic E-state index is 0.0703. The highest BCUT2D eigenvalue weighted by atomic mass is 35.5. The van der Waals surface area contributed by atoms with E-state index in [0.717, 1.165) is 6.07 Å². The van der Waals surface area contributed by atoms with Crippen molar-refractivity contribution in [3.05, 3.63) is 80.8 Å². The summed E-state index contributed by atoms with van der Waals surface area (Å²) in [5.74, 6) is -3.10. The predicted octanol–water partition coefficient (Wildman–Crippen LogP) is 3.98. The molecule has 0 radical (unpaired) electrons. The average molecular weight is 464 g/mol. The van der Waals surface area contributed by atoms with E-state index >= 15 is 0 Å². The van der Waals surface area contributed by atoms with Gasteiger partial charge in [0.25, 0.3) is 10.0 Å². The summed E-state index contributed by atoms with van der Waals surface area (Å²) in [7, 11) is -4.41. The van der Waals surface area contributed by atoms with Crippen molar-refractivity contribution in [1.82, 2.24) is 0 Å². The molecule has 1 aliphatic rings. The van der Waals surface area contributed by atoms with E-state index in [1.165, 1.54) is 30.3 Å². The molecule has 0 atom stereocenters. The van der Waals surface area contributed by atoms with E-state index in [1.54, 1.807) is 12.1 Å². The summed E-state index contributed by atoms with van der Waals surface area (Å²) in [6.07, 6.45) is 0. The van der Waals surface area contributed by atoms with Crippen molar-refractivity contribution in [1.29, 1.82) is 0 Å². The van der Waals surface area contributed by atoms with E-state index in [1.807, 2.05) is 0 Å². The van der Waals surface area contributed by atoms with Gasteiger partial charge in [0.2, 0.25) is 0 Å². The van der Waals surface area contributed by atoms with Gasteiger partial charge in [0.1, 0.15) is 4.90 Å². The van der Waals surface area contributed by atoms with Gasteiger partial charge in [0.15, 0.2) is 23.1 Å². The number of sulfonamides is 1. The number of phenolic OH excluding ortho intramolecular Hbond substituents is 2. The zero-order valence-corrected chi connectivity index (χ0v) is 17.1. The van der Waals surface area contributed by atoms with Gasteiger partial charge in [-0.15, -0.1) is 0 Å². The maximum Gasteiger partial charge on any atom is 0.265 e. The highest BCUT2D eigenvalue weighted by Gasteiger charge is 2.35. The first kappa shape index (κ1) is 20.2. The lowest BCUT2D eigenvalue weighted by molar-refractivity contribution is 0.0976. The Kier molecular flexibility index (Phi) is 4.73. The van der Waals surface area contributed by atoms with Crippen LogP contribution in [-0.4, -0.2) is 30.2 Å². The first-order valence-electron chi connectivity index (χ1n) is 8.37. The first-order valence-corrected chi connectivity index (χ1v) is 10.6. The van der Waals surface area contributed by atoms with E-state index in [9.17, 15) is 28.2 Å². The van der Waals surface area contributed by atoms with E-state index in [4.69, 9.17) is 23.2 Å². The highest BCUT2D eigenvalue weighted by molar-refractivity contribution is 7.93. The fourth-order valence-corrected chi connectivity index (χ4v) is 5.44. The number of carbonyl (C=O) groups is 2. The van der Waals surface area contributed by atoms with Crippen molar-refractivity contribution in [2.24, 2.45) is 0 Å². The van der Waals surface area contributed by atoms with Gasteiger partial charge >= 0.3 is 0 Å². The second kappa shape index (κ2) is 7.02. The molecule has 3 N–H and O–H groups in total. The molecule has 1 aliphatic carbocycles. The van der Waals surface area contributed by atoms with Gasteiger partial charge in [-0.25, -0.2) is 8.42 Å². The number of anilines is 1. The van der Waals surface area contributed by atoms with Crippen LogP contribution in [0.25, 0.3) is 0 Å². The molecular weight excluding hydrogens is 453 g/mol. The third-order valence-electron chi connectivity index (χ3n) is 4.59. The van der Waals surface area contributed by atoms with E-state index in [2.05, 4.69) is 4.72 Å². The topological polar surface area (TPSA) is 121 Å². The smallest absolute Gasteiger partial charge is 0.265 e. The zero-order chi connectivity index (χ0) is 21.8. The zero-order valence-electron chi connectivity index (χ0n) is 14.8. The third-order valence-corrected chi connectivity index (χ3v) is 6.91. The van der Waals surface area contributed by atoms with Crippen LogP contribution >= 0.6 is 23.2 Å². The Morgan fingerprint density at radius 1 is 0.767 bits per heavy atom. The van der Waals surface area contributed by atoms with Crippen LogP contribution in [0.4, 0.5) is 5.69 Å². The average Bonchev–Trinajstić information content (AvgIpc) is 2.69. The van der Waals surface area contributed by atoms with Gasteiger partial charge in [0, 0.05) is 16.7 Å². The summed E-state index contributed by atoms with van der Waals surface area (Å²) in [4.78, 5) is 25.1. The van der Waals surface area contributed by atoms with Crippen molar-refractivity contribution >= 4 is 50.5 Å². The molecule has 0 spiro atoms. The van der Waals surface area contributed by atoms with Crippen LogP contribution < -0.4 is 4.72 Å². The summed E-state index contributed by atoms with van der Waals surface area (Å²) < 4.78 is 27.7. The summed E-state index contributed by atoms with van der Waals surface area (Å²) in [6, 6.07) is 11.0. The molecule has 0 heterocycles. The van der Waals surface area contributed by atoms with Crippen molar-refractivity contribution in [2.75, 3.05) is 4.72 Å². The van der Waals surface area contributed by atoms with Crippen LogP contribution in [0.5, 0.6) is 11.5 Å². The van der Waals surface area contributed by atoms with Crippen LogP contribution in [0.2, 0.25) is 10.0 Å². The molecule has 0 fully saturated rings. The second-order valence-corrected chi connectivity index (χ2v) is 8.84. The maximum absolute atomic E-state index is 12.8. The molecule has 0 saturated heterocycles. The molecule has 3 aromatic rings. The van der Waals surface area contributed by atoms with Crippen LogP contribution in [-0.2, 0) is 10.0 Å². The summed E-state index contributed by atoms with van der Waals surface area (Å²) in [5, 5.41) is 20.4. The summed E-state index contributed by atoms with van der Waals surface area (Å²) >= 11 is 11.9. The number of fused-ring (bicyclic) bond motifs is 2. The molecule has 0 amide bonds. The van der Waals surface area contributed by atoms with E-state index in [-0.39, 0.29) is 26.7 Å². The molecule has 10 heteroatoms. The Labute approximate surface area is 180 Å². The van der Waals surface area contributed by atoms with Crippen LogP contribution in [0, 0.1) is 0 Å². The number of benzene rings is 3. The molecule has 3 aromatic carbocycles. The fraction of sp³-hybridized carbons (Fsp3) is 0. The highest BCUT2D eigenvalue weighted by Crippen LogP contribution is 2.44. The third kappa shape index (κ3) is 3.00. The Morgan fingerprint density at radius 2 is 1.33 bits per heavy atom. The first-order chi connectivity index (χ1) is 14.1. The Hall–Kier alpha value is -3.07. The standard InChI is InChI=1S/C20H11Cl2NO6S/c21-12-6-3-7-13(22)20(12)30(28,29)23-14-8-11-15(19(27)18(14)26)17(25)10-5-2-1-4-9(10)16(11)24/h1-8,23,26-27H. The Morgan fingerprint density at radius 3 is 1.93 bits per heavy atom. The van der Waals surface area contributed by atoms with Crippen LogP contribution in [0.15, 0.2) is 53.4 Å². The number of carbonyl (C=O) groups excluding carboxylic acids is 2. The number of ketones is 2. The lowest BCUT2D eigenvalue weighted by atomic mass is 9.83. The van der Waals surface area contributed by atoms with Gasteiger partial charge in [-0.2, -0.15) is 0 Å². The van der Waals surface area contributed by atoms with Crippen molar-refractivity contribution in [3.63, 3.8) is 0 Å².